The minimum Gasteiger partial charge on any atom is -0.435 e. The number of halogens is 6. The highest BCUT2D eigenvalue weighted by atomic mass is 19.4. The van der Waals surface area contributed by atoms with Gasteiger partial charge in [0.25, 0.3) is 0 Å². The molecule has 180 valence electrons. The quantitative estimate of drug-likeness (QED) is 0.528. The predicted octanol–water partition coefficient (Wildman–Crippen LogP) is 4.80. The Bertz CT molecular complexity index is 1270. The lowest BCUT2D eigenvalue weighted by Crippen LogP contribution is -2.67. The van der Waals surface area contributed by atoms with Crippen LogP contribution >= 0.6 is 0 Å². The van der Waals surface area contributed by atoms with Crippen LogP contribution in [-0.2, 0) is 16.1 Å². The topological polar surface area (TPSA) is 67.6 Å². The van der Waals surface area contributed by atoms with Crippen molar-refractivity contribution in [3.8, 4) is 5.75 Å². The zero-order chi connectivity index (χ0) is 24.5. The normalized spacial score (nSPS) is 18.4. The summed E-state index contributed by atoms with van der Waals surface area (Å²) in [6, 6.07) is 8.13. The van der Waals surface area contributed by atoms with E-state index >= 15 is 0 Å². The average molecular weight is 485 g/mol. The molecule has 1 aliphatic carbocycles. The van der Waals surface area contributed by atoms with E-state index in [-0.39, 0.29) is 17.0 Å². The Labute approximate surface area is 188 Å². The van der Waals surface area contributed by atoms with Crippen LogP contribution in [0.15, 0.2) is 42.5 Å². The third-order valence-corrected chi connectivity index (χ3v) is 6.46. The molecule has 1 unspecified atom stereocenters. The molecule has 2 heterocycles. The maximum Gasteiger partial charge on any atom is 0.421 e. The van der Waals surface area contributed by atoms with Crippen LogP contribution in [0, 0.1) is 5.82 Å². The molecule has 1 fully saturated rings. The summed E-state index contributed by atoms with van der Waals surface area (Å²) in [7, 11) is 0. The molecule has 12 heteroatoms. The Balaban J connectivity index is 1.56. The molecule has 0 saturated heterocycles. The first kappa shape index (κ1) is 22.5. The SMILES string of the molecule is O=C(CC(O)(c1ccccc1)C(F)(F)F)N1c2nc3c(F)cc(OC(F)F)cc3n2C12CCC2. The van der Waals surface area contributed by atoms with Crippen LogP contribution in [0.1, 0.15) is 31.2 Å². The molecule has 5 rings (SSSR count). The zero-order valence-electron chi connectivity index (χ0n) is 17.3. The van der Waals surface area contributed by atoms with Crippen LogP contribution < -0.4 is 9.64 Å². The molecule has 2 aliphatic rings. The maximum absolute atomic E-state index is 14.6. The third kappa shape index (κ3) is 3.07. The summed E-state index contributed by atoms with van der Waals surface area (Å²) >= 11 is 0. The number of rotatable bonds is 5. The number of benzene rings is 2. The fourth-order valence-electron chi connectivity index (χ4n) is 4.73. The van der Waals surface area contributed by atoms with Gasteiger partial charge in [-0.1, -0.05) is 30.3 Å². The summed E-state index contributed by atoms with van der Waals surface area (Å²) in [5.74, 6) is -2.59. The van der Waals surface area contributed by atoms with Crippen molar-refractivity contribution in [2.75, 3.05) is 4.90 Å². The van der Waals surface area contributed by atoms with Crippen molar-refractivity contribution < 1.29 is 41.0 Å². The predicted molar refractivity (Wildman–Crippen MR) is 107 cm³/mol. The van der Waals surface area contributed by atoms with Crippen LogP contribution in [0.5, 0.6) is 5.75 Å². The number of alkyl halides is 5. The molecule has 1 atom stereocenters. The standard InChI is InChI=1S/C22H17F6N3O3/c23-14-9-13(34-18(24)25)10-15-17(14)29-19-30(15)20(7-4-8-20)31(19)16(32)11-21(33,22(26,27)28)12-5-2-1-3-6-12/h1-3,5-6,9-10,18,33H,4,7-8,11H2. The minimum absolute atomic E-state index is 0.0866. The van der Waals surface area contributed by atoms with Crippen molar-refractivity contribution >= 4 is 22.9 Å². The summed E-state index contributed by atoms with van der Waals surface area (Å²) in [4.78, 5) is 18.3. The van der Waals surface area contributed by atoms with Crippen molar-refractivity contribution in [2.45, 2.75) is 49.7 Å². The number of fused-ring (bicyclic) bond motifs is 4. The Kier molecular flexibility index (Phi) is 4.87. The molecule has 0 bridgehead atoms. The lowest BCUT2D eigenvalue weighted by molar-refractivity contribution is -0.267. The number of carbonyl (C=O) groups excluding carboxylic acids is 1. The van der Waals surface area contributed by atoms with E-state index in [1.54, 1.807) is 0 Å². The average Bonchev–Trinajstić information content (AvgIpc) is 3.01. The van der Waals surface area contributed by atoms with Crippen LogP contribution in [0.3, 0.4) is 0 Å². The Morgan fingerprint density at radius 1 is 1.18 bits per heavy atom. The van der Waals surface area contributed by atoms with Crippen molar-refractivity contribution in [3.05, 3.63) is 53.8 Å². The molecule has 3 aromatic rings. The van der Waals surface area contributed by atoms with E-state index in [9.17, 15) is 36.2 Å². The number of hydrogen-bond acceptors (Lipinski definition) is 4. The van der Waals surface area contributed by atoms with Gasteiger partial charge in [0.15, 0.2) is 11.4 Å². The van der Waals surface area contributed by atoms with Gasteiger partial charge in [-0.05, 0) is 24.8 Å². The van der Waals surface area contributed by atoms with Crippen molar-refractivity contribution in [1.82, 2.24) is 9.55 Å². The molecular weight excluding hydrogens is 468 g/mol. The second kappa shape index (κ2) is 7.36. The molecule has 1 aliphatic heterocycles. The Hall–Kier alpha value is -3.28. The summed E-state index contributed by atoms with van der Waals surface area (Å²) in [5.41, 5.74) is -5.20. The van der Waals surface area contributed by atoms with E-state index in [0.717, 1.165) is 29.2 Å². The molecule has 1 amide bonds. The van der Waals surface area contributed by atoms with Gasteiger partial charge in [-0.25, -0.2) is 9.37 Å². The van der Waals surface area contributed by atoms with E-state index in [0.29, 0.717) is 19.3 Å². The number of carbonyl (C=O) groups is 1. The van der Waals surface area contributed by atoms with Gasteiger partial charge >= 0.3 is 12.8 Å². The molecule has 1 N–H and O–H groups in total. The van der Waals surface area contributed by atoms with Gasteiger partial charge in [-0.2, -0.15) is 22.0 Å². The van der Waals surface area contributed by atoms with Gasteiger partial charge in [-0.15, -0.1) is 0 Å². The molecule has 2 aromatic carbocycles. The fourth-order valence-corrected chi connectivity index (χ4v) is 4.73. The smallest absolute Gasteiger partial charge is 0.421 e. The first-order valence-corrected chi connectivity index (χ1v) is 10.3. The highest BCUT2D eigenvalue weighted by molar-refractivity contribution is 5.99. The van der Waals surface area contributed by atoms with E-state index in [2.05, 4.69) is 9.72 Å². The lowest BCUT2D eigenvalue weighted by atomic mass is 9.79. The second-order valence-corrected chi connectivity index (χ2v) is 8.36. The van der Waals surface area contributed by atoms with Crippen LogP contribution in [0.25, 0.3) is 11.0 Å². The molecule has 0 radical (unpaired) electrons. The molecule has 1 aromatic heterocycles. The third-order valence-electron chi connectivity index (χ3n) is 6.46. The molecule has 1 spiro atoms. The number of aromatic nitrogens is 2. The van der Waals surface area contributed by atoms with Crippen LogP contribution in [-0.4, -0.2) is 33.4 Å². The van der Waals surface area contributed by atoms with Crippen molar-refractivity contribution in [3.63, 3.8) is 0 Å². The Morgan fingerprint density at radius 3 is 2.41 bits per heavy atom. The number of imidazole rings is 1. The van der Waals surface area contributed by atoms with Crippen molar-refractivity contribution in [1.29, 1.82) is 0 Å². The number of nitrogens with zero attached hydrogens (tertiary/aromatic N) is 3. The number of ether oxygens (including phenoxy) is 1. The molecule has 6 nitrogen and oxygen atoms in total. The summed E-state index contributed by atoms with van der Waals surface area (Å²) in [6.45, 7) is -3.19. The second-order valence-electron chi connectivity index (χ2n) is 8.36. The number of anilines is 1. The van der Waals surface area contributed by atoms with Gasteiger partial charge in [0.2, 0.25) is 11.9 Å². The van der Waals surface area contributed by atoms with Crippen LogP contribution in [0.4, 0.5) is 32.3 Å². The first-order chi connectivity index (χ1) is 16.0. The molecule has 1 saturated carbocycles. The van der Waals surface area contributed by atoms with Gasteiger partial charge < -0.3 is 9.84 Å². The maximum atomic E-state index is 14.6. The van der Waals surface area contributed by atoms with Gasteiger partial charge in [-0.3, -0.25) is 14.3 Å². The van der Waals surface area contributed by atoms with E-state index in [4.69, 9.17) is 0 Å². The summed E-state index contributed by atoms with van der Waals surface area (Å²) in [6.07, 6.45) is -5.16. The number of aliphatic hydroxyl groups is 1. The summed E-state index contributed by atoms with van der Waals surface area (Å²) in [5, 5.41) is 10.6. The highest BCUT2D eigenvalue weighted by Crippen LogP contribution is 2.56. The minimum atomic E-state index is -5.16. The van der Waals surface area contributed by atoms with Gasteiger partial charge in [0.1, 0.15) is 16.9 Å². The van der Waals surface area contributed by atoms with E-state index in [1.807, 2.05) is 0 Å². The zero-order valence-corrected chi connectivity index (χ0v) is 17.3. The van der Waals surface area contributed by atoms with Crippen LogP contribution in [0.2, 0.25) is 0 Å². The molecule has 34 heavy (non-hydrogen) atoms. The molecular formula is C22H17F6N3O3. The fraction of sp³-hybridized carbons (Fsp3) is 0.364. The van der Waals surface area contributed by atoms with E-state index in [1.165, 1.54) is 22.8 Å². The first-order valence-electron chi connectivity index (χ1n) is 10.3. The monoisotopic (exact) mass is 485 g/mol. The summed E-state index contributed by atoms with van der Waals surface area (Å²) < 4.78 is 87.3. The van der Waals surface area contributed by atoms with Gasteiger partial charge in [0, 0.05) is 12.1 Å². The highest BCUT2D eigenvalue weighted by Gasteiger charge is 2.62. The largest absolute Gasteiger partial charge is 0.435 e. The van der Waals surface area contributed by atoms with Gasteiger partial charge in [0.05, 0.1) is 11.9 Å². The Morgan fingerprint density at radius 2 is 1.85 bits per heavy atom. The van der Waals surface area contributed by atoms with Crippen molar-refractivity contribution in [2.24, 2.45) is 0 Å². The lowest BCUT2D eigenvalue weighted by Gasteiger charge is -2.58. The number of hydrogen-bond donors (Lipinski definition) is 1. The van der Waals surface area contributed by atoms with E-state index < -0.39 is 53.5 Å². The number of amides is 1.